The van der Waals surface area contributed by atoms with E-state index in [9.17, 15) is 0 Å². The molecule has 1 aromatic heterocycles. The first-order valence-electron chi connectivity index (χ1n) is 19.1. The molecule has 1 aliphatic rings. The predicted octanol–water partition coefficient (Wildman–Crippen LogP) is 15.0. The molecule has 0 saturated carbocycles. The Hall–Kier alpha value is -6.90. The van der Waals surface area contributed by atoms with Gasteiger partial charge in [-0.1, -0.05) is 153 Å². The van der Waals surface area contributed by atoms with Crippen molar-refractivity contribution in [3.05, 3.63) is 199 Å². The molecule has 0 N–H and O–H groups in total. The van der Waals surface area contributed by atoms with Gasteiger partial charge in [-0.05, 0) is 109 Å². The lowest BCUT2D eigenvalue weighted by Crippen LogP contribution is -2.15. The third-order valence-corrected chi connectivity index (χ3v) is 11.9. The zero-order valence-electron chi connectivity index (χ0n) is 30.8. The SMILES string of the molecule is CC1(C)c2ccccc2-c2cc(N(c3cccc(-c4cccc5c4ccc4ccccc45)c3)c3ccccc3-c3ccc4c(c3)oc3ccccc34)ccc21. The van der Waals surface area contributed by atoms with E-state index in [-0.39, 0.29) is 5.41 Å². The normalized spacial score (nSPS) is 13.1. The number of fused-ring (bicyclic) bond motifs is 9. The summed E-state index contributed by atoms with van der Waals surface area (Å²) < 4.78 is 6.40. The van der Waals surface area contributed by atoms with Crippen molar-refractivity contribution in [2.45, 2.75) is 19.3 Å². The van der Waals surface area contributed by atoms with Crippen LogP contribution in [0.25, 0.3) is 76.9 Å². The van der Waals surface area contributed by atoms with Crippen molar-refractivity contribution in [2.75, 3.05) is 4.90 Å². The van der Waals surface area contributed by atoms with Gasteiger partial charge in [0.25, 0.3) is 0 Å². The molecule has 0 radical (unpaired) electrons. The maximum Gasteiger partial charge on any atom is 0.136 e. The highest BCUT2D eigenvalue weighted by Crippen LogP contribution is 2.51. The Morgan fingerprint density at radius 1 is 0.382 bits per heavy atom. The summed E-state index contributed by atoms with van der Waals surface area (Å²) in [4.78, 5) is 2.44. The third kappa shape index (κ3) is 4.88. The molecule has 10 aromatic rings. The minimum absolute atomic E-state index is 0.0758. The molecule has 0 saturated heterocycles. The van der Waals surface area contributed by atoms with Crippen molar-refractivity contribution >= 4 is 60.5 Å². The van der Waals surface area contributed by atoms with Gasteiger partial charge in [-0.3, -0.25) is 0 Å². The van der Waals surface area contributed by atoms with Crippen molar-refractivity contribution in [1.29, 1.82) is 0 Å². The van der Waals surface area contributed by atoms with Gasteiger partial charge in [0.2, 0.25) is 0 Å². The summed E-state index contributed by atoms with van der Waals surface area (Å²) in [5.74, 6) is 0. The molecule has 0 spiro atoms. The second-order valence-electron chi connectivity index (χ2n) is 15.3. The summed E-state index contributed by atoms with van der Waals surface area (Å²) in [6, 6.07) is 68.6. The van der Waals surface area contributed by atoms with Crippen LogP contribution < -0.4 is 4.90 Å². The highest BCUT2D eigenvalue weighted by molar-refractivity contribution is 6.12. The molecular weight excluding hydrogens is 667 g/mol. The summed E-state index contributed by atoms with van der Waals surface area (Å²) in [5, 5.41) is 7.31. The molecule has 2 nitrogen and oxygen atoms in total. The zero-order valence-corrected chi connectivity index (χ0v) is 30.8. The van der Waals surface area contributed by atoms with Gasteiger partial charge in [0.1, 0.15) is 11.2 Å². The maximum absolute atomic E-state index is 6.40. The van der Waals surface area contributed by atoms with Crippen LogP contribution in [0.3, 0.4) is 0 Å². The number of hydrogen-bond acceptors (Lipinski definition) is 2. The highest BCUT2D eigenvalue weighted by Gasteiger charge is 2.35. The van der Waals surface area contributed by atoms with Gasteiger partial charge in [-0.25, -0.2) is 0 Å². The fourth-order valence-electron chi connectivity index (χ4n) is 9.19. The van der Waals surface area contributed by atoms with Gasteiger partial charge in [0.05, 0.1) is 5.69 Å². The highest BCUT2D eigenvalue weighted by atomic mass is 16.3. The number of benzene rings is 9. The molecule has 260 valence electrons. The van der Waals surface area contributed by atoms with Crippen molar-refractivity contribution in [2.24, 2.45) is 0 Å². The predicted molar refractivity (Wildman–Crippen MR) is 232 cm³/mol. The fraction of sp³-hybridized carbons (Fsp3) is 0.0566. The van der Waals surface area contributed by atoms with Gasteiger partial charge >= 0.3 is 0 Å². The Kier molecular flexibility index (Phi) is 6.93. The van der Waals surface area contributed by atoms with Gasteiger partial charge in [0.15, 0.2) is 0 Å². The van der Waals surface area contributed by atoms with Crippen LogP contribution in [0.2, 0.25) is 0 Å². The molecule has 1 aliphatic carbocycles. The van der Waals surface area contributed by atoms with Crippen molar-refractivity contribution in [1.82, 2.24) is 0 Å². The van der Waals surface area contributed by atoms with E-state index in [1.165, 1.54) is 54.9 Å². The molecule has 2 heteroatoms. The Labute approximate surface area is 320 Å². The van der Waals surface area contributed by atoms with E-state index >= 15 is 0 Å². The number of rotatable bonds is 5. The Morgan fingerprint density at radius 3 is 1.96 bits per heavy atom. The number of anilines is 3. The first kappa shape index (κ1) is 31.6. The lowest BCUT2D eigenvalue weighted by atomic mass is 9.82. The van der Waals surface area contributed by atoms with Crippen LogP contribution in [-0.4, -0.2) is 0 Å². The smallest absolute Gasteiger partial charge is 0.136 e. The van der Waals surface area contributed by atoms with Crippen LogP contribution in [0, 0.1) is 0 Å². The lowest BCUT2D eigenvalue weighted by molar-refractivity contribution is 0.660. The van der Waals surface area contributed by atoms with Gasteiger partial charge in [-0.15, -0.1) is 0 Å². The molecule has 0 amide bonds. The number of furan rings is 1. The molecule has 11 rings (SSSR count). The van der Waals surface area contributed by atoms with E-state index in [4.69, 9.17) is 4.42 Å². The minimum atomic E-state index is -0.0758. The fourth-order valence-corrected chi connectivity index (χ4v) is 9.19. The van der Waals surface area contributed by atoms with E-state index in [1.54, 1.807) is 0 Å². The Bertz CT molecular complexity index is 3150. The summed E-state index contributed by atoms with van der Waals surface area (Å²) in [6.07, 6.45) is 0. The molecule has 0 bridgehead atoms. The third-order valence-electron chi connectivity index (χ3n) is 11.9. The molecule has 0 unspecified atom stereocenters. The standard InChI is InChI=1S/C53H37NO/c1-53(2)48-22-8-5-18-44(48)47-33-38(27-30-49(47)53)54(50-23-9-6-17-41(50)36-26-29-46-45-19-7-10-24-51(45)55-52(46)32-36)37-15-11-14-35(31-37)40-20-12-21-42-39-16-4-3-13-34(39)25-28-43(40)42/h3-33H,1-2H3. The first-order chi connectivity index (χ1) is 27.0. The summed E-state index contributed by atoms with van der Waals surface area (Å²) in [7, 11) is 0. The van der Waals surface area contributed by atoms with Gasteiger partial charge < -0.3 is 9.32 Å². The number of hydrogen-bond donors (Lipinski definition) is 0. The van der Waals surface area contributed by atoms with E-state index in [0.29, 0.717) is 0 Å². The van der Waals surface area contributed by atoms with E-state index in [1.807, 2.05) is 12.1 Å². The van der Waals surface area contributed by atoms with Crippen molar-refractivity contribution in [3.8, 4) is 33.4 Å². The monoisotopic (exact) mass is 703 g/mol. The van der Waals surface area contributed by atoms with Crippen LogP contribution in [0.15, 0.2) is 192 Å². The summed E-state index contributed by atoms with van der Waals surface area (Å²) in [6.45, 7) is 4.69. The second-order valence-corrected chi connectivity index (χ2v) is 15.3. The molecule has 0 atom stereocenters. The molecular formula is C53H37NO. The van der Waals surface area contributed by atoms with Crippen molar-refractivity contribution < 1.29 is 4.42 Å². The summed E-state index contributed by atoms with van der Waals surface area (Å²) in [5.41, 5.74) is 15.0. The van der Waals surface area contributed by atoms with E-state index in [2.05, 4.69) is 195 Å². The maximum atomic E-state index is 6.40. The van der Waals surface area contributed by atoms with E-state index < -0.39 is 0 Å². The molecule has 0 aliphatic heterocycles. The average Bonchev–Trinajstić information content (AvgIpc) is 3.72. The summed E-state index contributed by atoms with van der Waals surface area (Å²) >= 11 is 0. The quantitative estimate of drug-likeness (QED) is 0.166. The number of nitrogens with zero attached hydrogens (tertiary/aromatic N) is 1. The molecule has 1 heterocycles. The largest absolute Gasteiger partial charge is 0.456 e. The lowest BCUT2D eigenvalue weighted by Gasteiger charge is -2.29. The molecule has 9 aromatic carbocycles. The Morgan fingerprint density at radius 2 is 1.04 bits per heavy atom. The Balaban J connectivity index is 1.13. The van der Waals surface area contributed by atoms with Gasteiger partial charge in [-0.2, -0.15) is 0 Å². The van der Waals surface area contributed by atoms with Gasteiger partial charge in [0, 0.05) is 33.1 Å². The minimum Gasteiger partial charge on any atom is -0.456 e. The number of para-hydroxylation sites is 2. The average molecular weight is 704 g/mol. The molecule has 55 heavy (non-hydrogen) atoms. The first-order valence-corrected chi connectivity index (χ1v) is 19.1. The van der Waals surface area contributed by atoms with Crippen LogP contribution in [0.5, 0.6) is 0 Å². The molecule has 0 fully saturated rings. The van der Waals surface area contributed by atoms with Crippen LogP contribution >= 0.6 is 0 Å². The van der Waals surface area contributed by atoms with Crippen LogP contribution in [0.1, 0.15) is 25.0 Å². The zero-order chi connectivity index (χ0) is 36.7. The second kappa shape index (κ2) is 12.1. The van der Waals surface area contributed by atoms with Crippen LogP contribution in [0.4, 0.5) is 17.1 Å². The van der Waals surface area contributed by atoms with E-state index in [0.717, 1.165) is 50.1 Å². The topological polar surface area (TPSA) is 16.4 Å². The van der Waals surface area contributed by atoms with Crippen LogP contribution in [-0.2, 0) is 5.41 Å². The van der Waals surface area contributed by atoms with Crippen molar-refractivity contribution in [3.63, 3.8) is 0 Å².